The number of thiocarbonyl (C=S) groups is 1. The molecule has 0 saturated heterocycles. The van der Waals surface area contributed by atoms with E-state index in [4.69, 9.17) is 21.7 Å². The Kier molecular flexibility index (Phi) is 4.73. The van der Waals surface area contributed by atoms with E-state index in [2.05, 4.69) is 15.6 Å². The molecule has 0 saturated carbocycles. The predicted octanol–water partition coefficient (Wildman–Crippen LogP) is 2.91. The van der Waals surface area contributed by atoms with E-state index in [9.17, 15) is 0 Å². The molecule has 0 aliphatic heterocycles. The SMILES string of the molecule is COc1ccc(NC(=S)Nc2ccccn2)cc1OC. The van der Waals surface area contributed by atoms with Crippen LogP contribution in [0.15, 0.2) is 42.6 Å². The van der Waals surface area contributed by atoms with Crippen molar-refractivity contribution in [3.8, 4) is 11.5 Å². The van der Waals surface area contributed by atoms with Gasteiger partial charge in [0.1, 0.15) is 5.82 Å². The summed E-state index contributed by atoms with van der Waals surface area (Å²) in [7, 11) is 3.18. The van der Waals surface area contributed by atoms with Crippen molar-refractivity contribution < 1.29 is 9.47 Å². The molecule has 0 bridgehead atoms. The number of benzene rings is 1. The van der Waals surface area contributed by atoms with Gasteiger partial charge in [0.05, 0.1) is 14.2 Å². The van der Waals surface area contributed by atoms with E-state index in [0.717, 1.165) is 5.69 Å². The predicted molar refractivity (Wildman–Crippen MR) is 83.6 cm³/mol. The van der Waals surface area contributed by atoms with E-state index in [1.54, 1.807) is 20.4 Å². The second kappa shape index (κ2) is 6.72. The first kappa shape index (κ1) is 14.1. The highest BCUT2D eigenvalue weighted by Gasteiger charge is 2.05. The molecule has 6 heteroatoms. The zero-order chi connectivity index (χ0) is 14.4. The van der Waals surface area contributed by atoms with Crippen LogP contribution in [0.4, 0.5) is 11.5 Å². The number of hydrogen-bond donors (Lipinski definition) is 2. The van der Waals surface area contributed by atoms with Crippen LogP contribution in [0.3, 0.4) is 0 Å². The molecule has 1 aromatic carbocycles. The number of nitrogens with one attached hydrogen (secondary N) is 2. The number of anilines is 2. The van der Waals surface area contributed by atoms with E-state index in [0.29, 0.717) is 22.4 Å². The van der Waals surface area contributed by atoms with Crippen LogP contribution in [-0.2, 0) is 0 Å². The van der Waals surface area contributed by atoms with Gasteiger partial charge in [-0.1, -0.05) is 6.07 Å². The molecule has 2 N–H and O–H groups in total. The van der Waals surface area contributed by atoms with E-state index < -0.39 is 0 Å². The van der Waals surface area contributed by atoms with Crippen molar-refractivity contribution in [3.05, 3.63) is 42.6 Å². The van der Waals surface area contributed by atoms with Crippen molar-refractivity contribution in [1.29, 1.82) is 0 Å². The van der Waals surface area contributed by atoms with Crippen LogP contribution in [-0.4, -0.2) is 24.3 Å². The highest BCUT2D eigenvalue weighted by atomic mass is 32.1. The Balaban J connectivity index is 2.04. The van der Waals surface area contributed by atoms with Crippen LogP contribution in [0.1, 0.15) is 0 Å². The Hall–Kier alpha value is -2.34. The largest absolute Gasteiger partial charge is 0.493 e. The van der Waals surface area contributed by atoms with E-state index in [1.807, 2.05) is 36.4 Å². The third-order valence-corrected chi connectivity index (χ3v) is 2.75. The monoisotopic (exact) mass is 289 g/mol. The Morgan fingerprint density at radius 2 is 1.85 bits per heavy atom. The molecule has 0 amide bonds. The van der Waals surface area contributed by atoms with Crippen molar-refractivity contribution >= 4 is 28.8 Å². The smallest absolute Gasteiger partial charge is 0.176 e. The van der Waals surface area contributed by atoms with Gasteiger partial charge in [-0.25, -0.2) is 4.98 Å². The molecule has 2 aromatic rings. The Bertz CT molecular complexity index is 590. The quantitative estimate of drug-likeness (QED) is 0.844. The maximum atomic E-state index is 5.24. The minimum Gasteiger partial charge on any atom is -0.493 e. The lowest BCUT2D eigenvalue weighted by Gasteiger charge is -2.12. The minimum atomic E-state index is 0.455. The lowest BCUT2D eigenvalue weighted by Crippen LogP contribution is -2.19. The molecule has 104 valence electrons. The fourth-order valence-electron chi connectivity index (χ4n) is 1.63. The van der Waals surface area contributed by atoms with Crippen molar-refractivity contribution in [2.45, 2.75) is 0 Å². The summed E-state index contributed by atoms with van der Waals surface area (Å²) in [6.45, 7) is 0. The van der Waals surface area contributed by atoms with Gasteiger partial charge in [0.2, 0.25) is 0 Å². The van der Waals surface area contributed by atoms with Crippen LogP contribution >= 0.6 is 12.2 Å². The molecular weight excluding hydrogens is 274 g/mol. The van der Waals surface area contributed by atoms with Crippen LogP contribution < -0.4 is 20.1 Å². The lowest BCUT2D eigenvalue weighted by atomic mass is 10.3. The average molecular weight is 289 g/mol. The normalized spacial score (nSPS) is 9.70. The van der Waals surface area contributed by atoms with Gasteiger partial charge in [-0.15, -0.1) is 0 Å². The van der Waals surface area contributed by atoms with Gasteiger partial charge in [-0.2, -0.15) is 0 Å². The maximum Gasteiger partial charge on any atom is 0.176 e. The standard InChI is InChI=1S/C14H15N3O2S/c1-18-11-7-6-10(9-12(11)19-2)16-14(20)17-13-5-3-4-8-15-13/h3-9H,1-2H3,(H2,15,16,17,20). The zero-order valence-corrected chi connectivity index (χ0v) is 12.0. The second-order valence-electron chi connectivity index (χ2n) is 3.86. The zero-order valence-electron chi connectivity index (χ0n) is 11.2. The van der Waals surface area contributed by atoms with Gasteiger partial charge in [0.15, 0.2) is 16.6 Å². The fourth-order valence-corrected chi connectivity index (χ4v) is 1.85. The first-order chi connectivity index (χ1) is 9.72. The number of hydrogen-bond acceptors (Lipinski definition) is 4. The molecule has 20 heavy (non-hydrogen) atoms. The fraction of sp³-hybridized carbons (Fsp3) is 0.143. The van der Waals surface area contributed by atoms with Crippen molar-refractivity contribution in [1.82, 2.24) is 4.98 Å². The molecule has 0 spiro atoms. The van der Waals surface area contributed by atoms with Crippen molar-refractivity contribution in [3.63, 3.8) is 0 Å². The molecule has 0 fully saturated rings. The third kappa shape index (κ3) is 3.58. The number of pyridine rings is 1. The summed E-state index contributed by atoms with van der Waals surface area (Å²) in [4.78, 5) is 4.14. The molecule has 0 aliphatic rings. The minimum absolute atomic E-state index is 0.455. The Morgan fingerprint density at radius 1 is 1.05 bits per heavy atom. The first-order valence-electron chi connectivity index (χ1n) is 5.94. The van der Waals surface area contributed by atoms with Gasteiger partial charge in [0, 0.05) is 18.0 Å². The second-order valence-corrected chi connectivity index (χ2v) is 4.27. The van der Waals surface area contributed by atoms with Gasteiger partial charge < -0.3 is 20.1 Å². The highest BCUT2D eigenvalue weighted by molar-refractivity contribution is 7.80. The molecule has 2 rings (SSSR count). The number of ether oxygens (including phenoxy) is 2. The summed E-state index contributed by atoms with van der Waals surface area (Å²) < 4.78 is 10.4. The summed E-state index contributed by atoms with van der Waals surface area (Å²) in [5.74, 6) is 1.99. The summed E-state index contributed by atoms with van der Waals surface area (Å²) in [6.07, 6.45) is 1.70. The third-order valence-electron chi connectivity index (χ3n) is 2.55. The summed E-state index contributed by atoms with van der Waals surface area (Å²) in [6, 6.07) is 11.0. The van der Waals surface area contributed by atoms with Crippen molar-refractivity contribution in [2.75, 3.05) is 24.9 Å². The number of methoxy groups -OCH3 is 2. The first-order valence-corrected chi connectivity index (χ1v) is 6.35. The molecule has 1 heterocycles. The Labute approximate surface area is 122 Å². The molecule has 1 aromatic heterocycles. The summed E-state index contributed by atoms with van der Waals surface area (Å²) >= 11 is 5.22. The average Bonchev–Trinajstić information content (AvgIpc) is 2.48. The molecule has 0 aliphatic carbocycles. The van der Waals surface area contributed by atoms with Crippen LogP contribution in [0, 0.1) is 0 Å². The van der Waals surface area contributed by atoms with Crippen LogP contribution in [0.5, 0.6) is 11.5 Å². The Morgan fingerprint density at radius 3 is 2.50 bits per heavy atom. The van der Waals surface area contributed by atoms with Crippen LogP contribution in [0.25, 0.3) is 0 Å². The number of rotatable bonds is 4. The summed E-state index contributed by atoms with van der Waals surface area (Å²) in [5.41, 5.74) is 0.802. The lowest BCUT2D eigenvalue weighted by molar-refractivity contribution is 0.355. The number of nitrogens with zero attached hydrogens (tertiary/aromatic N) is 1. The molecule has 0 atom stereocenters. The van der Waals surface area contributed by atoms with Crippen LogP contribution in [0.2, 0.25) is 0 Å². The van der Waals surface area contributed by atoms with Crippen molar-refractivity contribution in [2.24, 2.45) is 0 Å². The molecular formula is C14H15N3O2S. The van der Waals surface area contributed by atoms with Gasteiger partial charge >= 0.3 is 0 Å². The molecule has 5 nitrogen and oxygen atoms in total. The van der Waals surface area contributed by atoms with E-state index in [1.165, 1.54) is 0 Å². The van der Waals surface area contributed by atoms with E-state index >= 15 is 0 Å². The number of aromatic nitrogens is 1. The molecule has 0 unspecified atom stereocenters. The molecule has 0 radical (unpaired) electrons. The topological polar surface area (TPSA) is 55.4 Å². The highest BCUT2D eigenvalue weighted by Crippen LogP contribution is 2.29. The maximum absolute atomic E-state index is 5.24. The van der Waals surface area contributed by atoms with Gasteiger partial charge in [-0.3, -0.25) is 0 Å². The van der Waals surface area contributed by atoms with E-state index in [-0.39, 0.29) is 0 Å². The van der Waals surface area contributed by atoms with Gasteiger partial charge in [0.25, 0.3) is 0 Å². The van der Waals surface area contributed by atoms with Gasteiger partial charge in [-0.05, 0) is 36.5 Å². The summed E-state index contributed by atoms with van der Waals surface area (Å²) in [5, 5.41) is 6.51.